The van der Waals surface area contributed by atoms with Crippen LogP contribution in [0, 0.1) is 0 Å². The lowest BCUT2D eigenvalue weighted by atomic mass is 10.2. The number of aromatic nitrogens is 2. The van der Waals surface area contributed by atoms with Crippen LogP contribution in [-0.4, -0.2) is 33.5 Å². The molecule has 2 heterocycles. The van der Waals surface area contributed by atoms with Gasteiger partial charge in [-0.1, -0.05) is 6.07 Å². The third-order valence-corrected chi connectivity index (χ3v) is 4.02. The van der Waals surface area contributed by atoms with Crippen LogP contribution in [0.25, 0.3) is 11.0 Å². The first-order valence-electron chi connectivity index (χ1n) is 6.02. The summed E-state index contributed by atoms with van der Waals surface area (Å²) in [7, 11) is 0. The molecule has 1 aromatic carbocycles. The summed E-state index contributed by atoms with van der Waals surface area (Å²) in [5.41, 5.74) is 2.27. The van der Waals surface area contributed by atoms with Gasteiger partial charge in [-0.05, 0) is 17.7 Å². The van der Waals surface area contributed by atoms with Crippen LogP contribution in [0.5, 0.6) is 0 Å². The van der Waals surface area contributed by atoms with Crippen LogP contribution in [0.3, 0.4) is 0 Å². The summed E-state index contributed by atoms with van der Waals surface area (Å²) >= 11 is 1.72. The van der Waals surface area contributed by atoms with E-state index in [-0.39, 0.29) is 17.6 Å². The van der Waals surface area contributed by atoms with Gasteiger partial charge in [0.2, 0.25) is 5.91 Å². The van der Waals surface area contributed by atoms with Gasteiger partial charge in [0.1, 0.15) is 0 Å². The van der Waals surface area contributed by atoms with E-state index in [2.05, 4.69) is 20.6 Å². The van der Waals surface area contributed by atoms with Crippen molar-refractivity contribution in [3.8, 4) is 0 Å². The molecule has 1 aliphatic heterocycles. The van der Waals surface area contributed by atoms with Crippen LogP contribution in [0.15, 0.2) is 23.0 Å². The number of carbonyl (C=O) groups is 1. The molecule has 1 aromatic heterocycles. The molecule has 0 bridgehead atoms. The van der Waals surface area contributed by atoms with Crippen LogP contribution in [0.1, 0.15) is 5.56 Å². The maximum absolute atomic E-state index is 11.8. The third-order valence-electron chi connectivity index (χ3n) is 3.08. The van der Waals surface area contributed by atoms with Gasteiger partial charge in [0.15, 0.2) is 0 Å². The Balaban J connectivity index is 1.67. The maximum Gasteiger partial charge on any atom is 0.323 e. The van der Waals surface area contributed by atoms with Crippen molar-refractivity contribution in [2.75, 3.05) is 11.6 Å². The molecule has 0 aliphatic carbocycles. The summed E-state index contributed by atoms with van der Waals surface area (Å²) in [6.45, 7) is 0.463. The average molecular weight is 278 g/mol. The normalized spacial score (nSPS) is 18.8. The van der Waals surface area contributed by atoms with Crippen molar-refractivity contribution in [3.63, 3.8) is 0 Å². The lowest BCUT2D eigenvalue weighted by molar-refractivity contribution is -0.122. The van der Waals surface area contributed by atoms with E-state index in [0.717, 1.165) is 28.2 Å². The number of carbonyl (C=O) groups excluding carboxylic acids is 1. The van der Waals surface area contributed by atoms with Gasteiger partial charge in [0, 0.05) is 18.2 Å². The van der Waals surface area contributed by atoms with Gasteiger partial charge in [0.25, 0.3) is 0 Å². The number of hydrogen-bond donors (Lipinski definition) is 4. The van der Waals surface area contributed by atoms with E-state index < -0.39 is 0 Å². The number of hydrogen-bond acceptors (Lipinski definition) is 4. The molecule has 0 spiro atoms. The summed E-state index contributed by atoms with van der Waals surface area (Å²) < 4.78 is 0. The minimum atomic E-state index is -0.219. The molecule has 2 aromatic rings. The molecule has 1 unspecified atom stereocenters. The fourth-order valence-corrected chi connectivity index (χ4v) is 3.01. The Labute approximate surface area is 113 Å². The summed E-state index contributed by atoms with van der Waals surface area (Å²) in [5, 5.41) is 6.02. The Hall–Kier alpha value is -1.73. The van der Waals surface area contributed by atoms with Gasteiger partial charge >= 0.3 is 5.69 Å². The lowest BCUT2D eigenvalue weighted by Gasteiger charge is -2.10. The molecular formula is C12H14N4O2S. The topological polar surface area (TPSA) is 89.8 Å². The second kappa shape index (κ2) is 5.10. The second-order valence-electron chi connectivity index (χ2n) is 4.45. The average Bonchev–Trinajstić information content (AvgIpc) is 3.03. The Bertz CT molecular complexity index is 657. The molecule has 1 fully saturated rings. The fraction of sp³-hybridized carbons (Fsp3) is 0.333. The molecule has 19 heavy (non-hydrogen) atoms. The standard InChI is InChI=1S/C12H14N4O2S/c17-11(10-5-19-6-14-10)13-4-7-1-2-8-9(3-7)16-12(18)15-8/h1-3,10,14H,4-6H2,(H,13,17)(H2,15,16,18). The fourth-order valence-electron chi connectivity index (χ4n) is 2.07. The molecule has 4 N–H and O–H groups in total. The van der Waals surface area contributed by atoms with Crippen LogP contribution in [0.4, 0.5) is 0 Å². The van der Waals surface area contributed by atoms with E-state index in [1.165, 1.54) is 0 Å². The first-order valence-corrected chi connectivity index (χ1v) is 7.17. The molecule has 0 radical (unpaired) electrons. The van der Waals surface area contributed by atoms with E-state index in [0.29, 0.717) is 6.54 Å². The minimum Gasteiger partial charge on any atom is -0.351 e. The number of imidazole rings is 1. The maximum atomic E-state index is 11.8. The number of benzene rings is 1. The predicted octanol–water partition coefficient (Wildman–Crippen LogP) is 0.135. The zero-order chi connectivity index (χ0) is 13.2. The third kappa shape index (κ3) is 2.66. The first kappa shape index (κ1) is 12.3. The summed E-state index contributed by atoms with van der Waals surface area (Å²) in [6.07, 6.45) is 0. The SMILES string of the molecule is O=C(NCc1ccc2[nH]c(=O)[nH]c2c1)C1CSCN1. The van der Waals surface area contributed by atoms with Crippen molar-refractivity contribution >= 4 is 28.7 Å². The Kier molecular flexibility index (Phi) is 3.31. The molecule has 3 rings (SSSR count). The highest BCUT2D eigenvalue weighted by atomic mass is 32.2. The molecule has 100 valence electrons. The number of aromatic amines is 2. The van der Waals surface area contributed by atoms with E-state index in [1.54, 1.807) is 11.8 Å². The molecule has 7 heteroatoms. The quantitative estimate of drug-likeness (QED) is 0.643. The second-order valence-corrected chi connectivity index (χ2v) is 5.48. The summed E-state index contributed by atoms with van der Waals surface area (Å²) in [6, 6.07) is 5.49. The van der Waals surface area contributed by atoms with Crippen molar-refractivity contribution in [1.29, 1.82) is 0 Å². The van der Waals surface area contributed by atoms with Gasteiger partial charge in [-0.3, -0.25) is 10.1 Å². The minimum absolute atomic E-state index is 0.0210. The predicted molar refractivity (Wildman–Crippen MR) is 75.0 cm³/mol. The van der Waals surface area contributed by atoms with Gasteiger partial charge in [0.05, 0.1) is 17.1 Å². The summed E-state index contributed by atoms with van der Waals surface area (Å²) in [4.78, 5) is 28.4. The van der Waals surface area contributed by atoms with E-state index in [9.17, 15) is 9.59 Å². The van der Waals surface area contributed by atoms with Gasteiger partial charge in [-0.2, -0.15) is 0 Å². The Morgan fingerprint density at radius 1 is 1.37 bits per heavy atom. The highest BCUT2D eigenvalue weighted by Gasteiger charge is 2.21. The zero-order valence-corrected chi connectivity index (χ0v) is 11.0. The molecule has 1 atom stereocenters. The number of nitrogens with one attached hydrogen (secondary N) is 4. The molecule has 0 saturated carbocycles. The number of H-pyrrole nitrogens is 2. The molecule has 6 nitrogen and oxygen atoms in total. The number of thioether (sulfide) groups is 1. The van der Waals surface area contributed by atoms with Gasteiger partial charge < -0.3 is 15.3 Å². The van der Waals surface area contributed by atoms with Crippen molar-refractivity contribution in [2.24, 2.45) is 0 Å². The van der Waals surface area contributed by atoms with Crippen LogP contribution >= 0.6 is 11.8 Å². The molecule has 1 amide bonds. The van der Waals surface area contributed by atoms with E-state index >= 15 is 0 Å². The van der Waals surface area contributed by atoms with Gasteiger partial charge in [-0.25, -0.2) is 4.79 Å². The smallest absolute Gasteiger partial charge is 0.323 e. The van der Waals surface area contributed by atoms with Crippen molar-refractivity contribution in [2.45, 2.75) is 12.6 Å². The van der Waals surface area contributed by atoms with Crippen molar-refractivity contribution in [3.05, 3.63) is 34.2 Å². The van der Waals surface area contributed by atoms with E-state index in [4.69, 9.17) is 0 Å². The van der Waals surface area contributed by atoms with Crippen LogP contribution in [-0.2, 0) is 11.3 Å². The number of amides is 1. The number of fused-ring (bicyclic) bond motifs is 1. The first-order chi connectivity index (χ1) is 9.22. The lowest BCUT2D eigenvalue weighted by Crippen LogP contribution is -2.41. The van der Waals surface area contributed by atoms with Crippen LogP contribution < -0.4 is 16.3 Å². The van der Waals surface area contributed by atoms with Crippen molar-refractivity contribution < 1.29 is 4.79 Å². The van der Waals surface area contributed by atoms with Crippen molar-refractivity contribution in [1.82, 2.24) is 20.6 Å². The molecule has 1 aliphatic rings. The summed E-state index contributed by atoms with van der Waals surface area (Å²) in [5.74, 6) is 1.66. The van der Waals surface area contributed by atoms with E-state index in [1.807, 2.05) is 18.2 Å². The Morgan fingerprint density at radius 2 is 2.21 bits per heavy atom. The zero-order valence-electron chi connectivity index (χ0n) is 10.2. The highest BCUT2D eigenvalue weighted by Crippen LogP contribution is 2.11. The highest BCUT2D eigenvalue weighted by molar-refractivity contribution is 7.99. The van der Waals surface area contributed by atoms with Crippen LogP contribution in [0.2, 0.25) is 0 Å². The Morgan fingerprint density at radius 3 is 3.00 bits per heavy atom. The molecular weight excluding hydrogens is 264 g/mol. The number of rotatable bonds is 3. The largest absolute Gasteiger partial charge is 0.351 e. The molecule has 1 saturated heterocycles. The monoisotopic (exact) mass is 278 g/mol. The van der Waals surface area contributed by atoms with Gasteiger partial charge in [-0.15, -0.1) is 11.8 Å².